The van der Waals surface area contributed by atoms with Crippen molar-refractivity contribution in [3.63, 3.8) is 0 Å². The van der Waals surface area contributed by atoms with Gasteiger partial charge in [0.1, 0.15) is 47.3 Å². The summed E-state index contributed by atoms with van der Waals surface area (Å²) in [6, 6.07) is -3.29. The molecule has 6 N–H and O–H groups in total. The zero-order valence-electron chi connectivity index (χ0n) is 56.7. The van der Waals surface area contributed by atoms with Crippen LogP contribution >= 0.6 is 21.6 Å². The van der Waals surface area contributed by atoms with Crippen LogP contribution in [0, 0.1) is 23.7 Å². The van der Waals surface area contributed by atoms with Gasteiger partial charge in [-0.05, 0) is 112 Å². The predicted octanol–water partition coefficient (Wildman–Crippen LogP) is 2.30. The normalized spacial score (nSPS) is 23.1. The number of hydrogen-bond donors (Lipinski definition) is 6. The molecule has 1 saturated heterocycles. The van der Waals surface area contributed by atoms with Crippen molar-refractivity contribution in [2.75, 3.05) is 87.8 Å². The first-order valence-corrected chi connectivity index (χ1v) is 33.7. The molecule has 0 spiro atoms. The number of unbranched alkanes of at least 4 members (excludes halogenated alkanes) is 1. The van der Waals surface area contributed by atoms with Gasteiger partial charge in [-0.3, -0.25) is 57.5 Å². The van der Waals surface area contributed by atoms with E-state index in [9.17, 15) is 53.1 Å². The Kier molecular flexibility index (Phi) is 35.5. The SMILES string of the molecule is C/C=C/C[C@@H](C)[C@@H](O)[C@H]1C(=O)NC(CC)C(=O)N(C)CC(=O)N(C)CC(=O)NC(CCCCNC(=O)CCCSSc2ccccn2)C(=O)N(C)CC(=O)NCC(=O)N[C@H](C)C(=O)N(C)[C@@H](CC(C)C)C(=O)N(C)[C@@H](CC(C)C)C(=O)N(C)[C@@H](C(C)C)C(=O)N1C. The van der Waals surface area contributed by atoms with Crippen LogP contribution in [0.4, 0.5) is 0 Å². The molecule has 2 unspecified atom stereocenters. The van der Waals surface area contributed by atoms with E-state index in [0.29, 0.717) is 32.1 Å². The third kappa shape index (κ3) is 26.4. The quantitative estimate of drug-likeness (QED) is 0.0584. The van der Waals surface area contributed by atoms with Gasteiger partial charge in [-0.2, -0.15) is 0 Å². The Morgan fingerprint density at radius 3 is 1.81 bits per heavy atom. The molecule has 28 heteroatoms. The maximum absolute atomic E-state index is 15.1. The first kappa shape index (κ1) is 80.3. The predicted molar refractivity (Wildman–Crippen MR) is 351 cm³/mol. The first-order valence-electron chi connectivity index (χ1n) is 31.4. The molecule has 1 aromatic rings. The minimum atomic E-state index is -1.62. The second-order valence-corrected chi connectivity index (χ2v) is 27.2. The molecule has 26 nitrogen and oxygen atoms in total. The largest absolute Gasteiger partial charge is 0.390 e. The smallest absolute Gasteiger partial charge is 0.246 e. The standard InChI is InChI=1S/C63H105N13O13S2/c1-18-20-26-42(9)56(82)55-57(83)69-44(19-2)59(85)72(13)38-53(81)70(11)37-51(80)68-45(27-21-23-30-64-48(77)28-25-32-90-91-52-29-22-24-31-65-52)60(86)71(12)36-50(79)66-35-49(78)67-43(10)58(84)73(14)46(33-39(3)4)61(87)74(15)47(34-40(5)6)62(88)75(16)54(41(7)8)63(89)76(55)17/h18,20,22,24,29,31,39-47,54-56,82H,19,21,23,25-28,30,32-38H2,1-17H3,(H,64,77)(H,66,79)(H,67,78)(H,68,80)(H,69,83)/b20-18+/t42-,43-,44?,45?,46+,47+,54+,55+,56-/m1/s1. The summed E-state index contributed by atoms with van der Waals surface area (Å²) in [5, 5.41) is 26.2. The van der Waals surface area contributed by atoms with Gasteiger partial charge >= 0.3 is 0 Å². The second kappa shape index (κ2) is 40.2. The lowest BCUT2D eigenvalue weighted by molar-refractivity contribution is -0.157. The maximum Gasteiger partial charge on any atom is 0.246 e. The number of rotatable bonds is 21. The van der Waals surface area contributed by atoms with Crippen molar-refractivity contribution < 1.29 is 62.6 Å². The Hall–Kier alpha value is -6.81. The topological polar surface area (TPSA) is 321 Å². The van der Waals surface area contributed by atoms with E-state index < -0.39 is 151 Å². The van der Waals surface area contributed by atoms with E-state index in [4.69, 9.17) is 0 Å². The highest BCUT2D eigenvalue weighted by atomic mass is 33.1. The molecule has 0 aliphatic carbocycles. The lowest BCUT2D eigenvalue weighted by Crippen LogP contribution is -2.63. The molecule has 0 aromatic carbocycles. The Morgan fingerprint density at radius 2 is 1.24 bits per heavy atom. The number of nitrogens with one attached hydrogen (secondary N) is 5. The summed E-state index contributed by atoms with van der Waals surface area (Å²) in [5.74, 6) is -8.85. The average molecular weight is 1320 g/mol. The summed E-state index contributed by atoms with van der Waals surface area (Å²) in [7, 11) is 12.7. The molecule has 512 valence electrons. The van der Waals surface area contributed by atoms with Crippen LogP contribution in [0.15, 0.2) is 41.6 Å². The third-order valence-electron chi connectivity index (χ3n) is 15.7. The van der Waals surface area contributed by atoms with Crippen LogP contribution in [0.25, 0.3) is 0 Å². The second-order valence-electron chi connectivity index (χ2n) is 24.8. The van der Waals surface area contributed by atoms with Crippen LogP contribution in [0.2, 0.25) is 0 Å². The average Bonchev–Trinajstić information content (AvgIpc) is 1.90. The molecule has 0 bridgehead atoms. The van der Waals surface area contributed by atoms with Gasteiger partial charge in [0, 0.05) is 74.2 Å². The lowest BCUT2D eigenvalue weighted by atomic mass is 9.91. The van der Waals surface area contributed by atoms with Gasteiger partial charge in [-0.25, -0.2) is 4.98 Å². The van der Waals surface area contributed by atoms with Crippen molar-refractivity contribution in [3.05, 3.63) is 36.5 Å². The Bertz CT molecular complexity index is 2630. The highest BCUT2D eigenvalue weighted by Gasteiger charge is 2.45. The molecule has 1 fully saturated rings. The fourth-order valence-corrected chi connectivity index (χ4v) is 12.3. The van der Waals surface area contributed by atoms with Crippen LogP contribution in [0.5, 0.6) is 0 Å². The Labute approximate surface area is 547 Å². The van der Waals surface area contributed by atoms with Gasteiger partial charge in [0.2, 0.25) is 70.9 Å². The van der Waals surface area contributed by atoms with E-state index in [2.05, 4.69) is 31.6 Å². The number of aromatic nitrogens is 1. The summed E-state index contributed by atoms with van der Waals surface area (Å²) in [6.45, 7) is 15.4. The van der Waals surface area contributed by atoms with Gasteiger partial charge in [0.25, 0.3) is 0 Å². The molecule has 0 radical (unpaired) electrons. The molecule has 1 aliphatic rings. The third-order valence-corrected chi connectivity index (χ3v) is 18.1. The number of pyridine rings is 1. The van der Waals surface area contributed by atoms with Crippen LogP contribution in [0.3, 0.4) is 0 Å². The number of amides is 12. The number of aliphatic hydroxyl groups is 1. The van der Waals surface area contributed by atoms with E-state index >= 15 is 9.59 Å². The summed E-state index contributed by atoms with van der Waals surface area (Å²) in [4.78, 5) is 181. The maximum atomic E-state index is 15.1. The number of carbonyl (C=O) groups excluding carboxylic acids is 12. The monoisotopic (exact) mass is 1320 g/mol. The molecule has 9 atom stereocenters. The number of hydrogen-bond acceptors (Lipinski definition) is 16. The van der Waals surface area contributed by atoms with Crippen LogP contribution in [0.1, 0.15) is 127 Å². The number of nitrogens with zero attached hydrogens (tertiary/aromatic N) is 8. The summed E-state index contributed by atoms with van der Waals surface area (Å²) in [5.41, 5.74) is 0. The molecular weight excluding hydrogens is 1210 g/mol. The van der Waals surface area contributed by atoms with Crippen molar-refractivity contribution in [3.8, 4) is 0 Å². The molecule has 12 amide bonds. The van der Waals surface area contributed by atoms with Crippen molar-refractivity contribution in [1.29, 1.82) is 0 Å². The molecule has 1 aromatic heterocycles. The van der Waals surface area contributed by atoms with Gasteiger partial charge in [-0.1, -0.05) is 84.4 Å². The zero-order chi connectivity index (χ0) is 69.0. The number of likely N-dealkylation sites (N-methyl/N-ethyl adjacent to an activating group) is 7. The molecule has 91 heavy (non-hydrogen) atoms. The molecule has 0 saturated carbocycles. The van der Waals surface area contributed by atoms with Gasteiger partial charge in [0.05, 0.1) is 32.3 Å². The fourth-order valence-electron chi connectivity index (χ4n) is 10.4. The minimum Gasteiger partial charge on any atom is -0.390 e. The zero-order valence-corrected chi connectivity index (χ0v) is 58.4. The van der Waals surface area contributed by atoms with Crippen LogP contribution in [-0.2, 0) is 57.5 Å². The number of carbonyl (C=O) groups is 12. The minimum absolute atomic E-state index is 0.00552. The van der Waals surface area contributed by atoms with Crippen molar-refractivity contribution >= 4 is 92.5 Å². The lowest BCUT2D eigenvalue weighted by Gasteiger charge is -2.41. The number of aliphatic hydroxyl groups excluding tert-OH is 1. The molecule has 1 aliphatic heterocycles. The Morgan fingerprint density at radius 1 is 0.670 bits per heavy atom. The van der Waals surface area contributed by atoms with Crippen molar-refractivity contribution in [1.82, 2.24) is 65.9 Å². The summed E-state index contributed by atoms with van der Waals surface area (Å²) in [6.07, 6.45) is 6.08. The molecular formula is C63H105N13O13S2. The van der Waals surface area contributed by atoms with E-state index in [1.165, 1.54) is 81.8 Å². The van der Waals surface area contributed by atoms with Crippen molar-refractivity contribution in [2.45, 2.75) is 180 Å². The molecule has 2 rings (SSSR count). The molecule has 2 heterocycles. The Balaban J connectivity index is 2.63. The van der Waals surface area contributed by atoms with Gasteiger partial charge in [-0.15, -0.1) is 0 Å². The summed E-state index contributed by atoms with van der Waals surface area (Å²) >= 11 is 0. The van der Waals surface area contributed by atoms with Gasteiger partial charge < -0.3 is 66.0 Å². The van der Waals surface area contributed by atoms with Gasteiger partial charge in [0.15, 0.2) is 0 Å². The van der Waals surface area contributed by atoms with Crippen molar-refractivity contribution in [2.24, 2.45) is 23.7 Å². The van der Waals surface area contributed by atoms with E-state index in [-0.39, 0.29) is 50.0 Å². The highest BCUT2D eigenvalue weighted by molar-refractivity contribution is 8.76. The highest BCUT2D eigenvalue weighted by Crippen LogP contribution is 2.30. The first-order chi connectivity index (χ1) is 42.7. The number of allylic oxidation sites excluding steroid dienone is 2. The fraction of sp³-hybridized carbons (Fsp3) is 0.698. The van der Waals surface area contributed by atoms with E-state index in [1.54, 1.807) is 63.8 Å². The van der Waals surface area contributed by atoms with Crippen LogP contribution < -0.4 is 26.6 Å². The van der Waals surface area contributed by atoms with E-state index in [1.807, 2.05) is 45.9 Å². The summed E-state index contributed by atoms with van der Waals surface area (Å²) < 4.78 is 0. The van der Waals surface area contributed by atoms with Crippen LogP contribution in [-0.4, -0.2) is 251 Å². The van der Waals surface area contributed by atoms with E-state index in [0.717, 1.165) is 30.4 Å².